The predicted molar refractivity (Wildman–Crippen MR) is 87.9 cm³/mol. The summed E-state index contributed by atoms with van der Waals surface area (Å²) in [4.78, 5) is 36.5. The normalized spacial score (nSPS) is 10.4. The standard InChI is InChI=1S/C17H19N3O4/c1-2-19(11-10-16(22)23)17(24)14-8-9-15(21)20(18-14)12-13-6-4-3-5-7-13/h3-9H,2,10-12H2,1H3,(H,22,23). The maximum Gasteiger partial charge on any atom is 0.305 e. The molecular formula is C17H19N3O4. The van der Waals surface area contributed by atoms with Crippen molar-refractivity contribution in [3.63, 3.8) is 0 Å². The van der Waals surface area contributed by atoms with Gasteiger partial charge in [0.05, 0.1) is 13.0 Å². The third-order valence-electron chi connectivity index (χ3n) is 3.53. The smallest absolute Gasteiger partial charge is 0.305 e. The predicted octanol–water partition coefficient (Wildman–Crippen LogP) is 1.23. The first-order valence-electron chi connectivity index (χ1n) is 7.64. The monoisotopic (exact) mass is 329 g/mol. The number of aliphatic carboxylic acids is 1. The van der Waals surface area contributed by atoms with E-state index in [0.717, 1.165) is 5.56 Å². The third-order valence-corrected chi connectivity index (χ3v) is 3.53. The molecule has 0 aliphatic heterocycles. The molecule has 126 valence electrons. The van der Waals surface area contributed by atoms with E-state index in [1.165, 1.54) is 21.7 Å². The van der Waals surface area contributed by atoms with E-state index in [1.54, 1.807) is 6.92 Å². The summed E-state index contributed by atoms with van der Waals surface area (Å²) >= 11 is 0. The second-order valence-corrected chi connectivity index (χ2v) is 5.23. The molecule has 0 spiro atoms. The van der Waals surface area contributed by atoms with Crippen LogP contribution in [0.2, 0.25) is 0 Å². The molecule has 1 N–H and O–H groups in total. The Kier molecular flexibility index (Phi) is 5.83. The summed E-state index contributed by atoms with van der Waals surface area (Å²) in [5.41, 5.74) is 0.719. The van der Waals surface area contributed by atoms with Crippen molar-refractivity contribution in [3.05, 3.63) is 64.1 Å². The number of hydrogen-bond acceptors (Lipinski definition) is 4. The molecule has 0 radical (unpaired) electrons. The van der Waals surface area contributed by atoms with Crippen molar-refractivity contribution in [2.24, 2.45) is 0 Å². The lowest BCUT2D eigenvalue weighted by molar-refractivity contribution is -0.137. The third kappa shape index (κ3) is 4.52. The Balaban J connectivity index is 2.21. The molecule has 24 heavy (non-hydrogen) atoms. The lowest BCUT2D eigenvalue weighted by Crippen LogP contribution is -2.35. The first-order chi connectivity index (χ1) is 11.5. The molecule has 0 fully saturated rings. The Labute approximate surface area is 139 Å². The molecule has 2 aromatic rings. The average molecular weight is 329 g/mol. The minimum absolute atomic E-state index is 0.101. The largest absolute Gasteiger partial charge is 0.481 e. The van der Waals surface area contributed by atoms with Gasteiger partial charge < -0.3 is 10.0 Å². The van der Waals surface area contributed by atoms with Gasteiger partial charge in [-0.25, -0.2) is 4.68 Å². The zero-order chi connectivity index (χ0) is 17.5. The van der Waals surface area contributed by atoms with E-state index in [4.69, 9.17) is 5.11 Å². The van der Waals surface area contributed by atoms with E-state index in [0.29, 0.717) is 6.54 Å². The van der Waals surface area contributed by atoms with Gasteiger partial charge in [-0.2, -0.15) is 5.10 Å². The topological polar surface area (TPSA) is 92.5 Å². The molecule has 7 nitrogen and oxygen atoms in total. The van der Waals surface area contributed by atoms with E-state index in [2.05, 4.69) is 5.10 Å². The number of carbonyl (C=O) groups excluding carboxylic acids is 1. The van der Waals surface area contributed by atoms with E-state index in [9.17, 15) is 14.4 Å². The number of benzene rings is 1. The molecule has 7 heteroatoms. The first-order valence-corrected chi connectivity index (χ1v) is 7.64. The van der Waals surface area contributed by atoms with Crippen LogP contribution in [0.1, 0.15) is 29.4 Å². The molecule has 0 aliphatic rings. The Hall–Kier alpha value is -2.96. The van der Waals surface area contributed by atoms with Crippen molar-refractivity contribution >= 4 is 11.9 Å². The lowest BCUT2D eigenvalue weighted by Gasteiger charge is -2.19. The van der Waals surface area contributed by atoms with E-state index in [-0.39, 0.29) is 36.7 Å². The van der Waals surface area contributed by atoms with Crippen molar-refractivity contribution in [2.75, 3.05) is 13.1 Å². The summed E-state index contributed by atoms with van der Waals surface area (Å²) in [6.45, 7) is 2.50. The molecule has 1 aromatic carbocycles. The molecule has 0 bridgehead atoms. The Morgan fingerprint density at radius 3 is 2.50 bits per heavy atom. The van der Waals surface area contributed by atoms with Crippen LogP contribution in [0, 0.1) is 0 Å². The molecule has 1 aromatic heterocycles. The molecule has 0 aliphatic carbocycles. The molecule has 1 amide bonds. The highest BCUT2D eigenvalue weighted by atomic mass is 16.4. The van der Waals surface area contributed by atoms with Crippen molar-refractivity contribution in [1.82, 2.24) is 14.7 Å². The van der Waals surface area contributed by atoms with Crippen molar-refractivity contribution in [3.8, 4) is 0 Å². The summed E-state index contributed by atoms with van der Waals surface area (Å²) in [5.74, 6) is -1.36. The van der Waals surface area contributed by atoms with Crippen molar-refractivity contribution in [1.29, 1.82) is 0 Å². The Bertz CT molecular complexity index is 771. The van der Waals surface area contributed by atoms with Crippen LogP contribution in [0.25, 0.3) is 0 Å². The fourth-order valence-electron chi connectivity index (χ4n) is 2.23. The number of carbonyl (C=O) groups is 2. The number of aromatic nitrogens is 2. The number of carboxylic acid groups (broad SMARTS) is 1. The molecule has 0 saturated heterocycles. The quantitative estimate of drug-likeness (QED) is 0.825. The first kappa shape index (κ1) is 17.4. The highest BCUT2D eigenvalue weighted by Crippen LogP contribution is 2.04. The van der Waals surface area contributed by atoms with Crippen molar-refractivity contribution < 1.29 is 14.7 Å². The van der Waals surface area contributed by atoms with Crippen LogP contribution in [0.5, 0.6) is 0 Å². The SMILES string of the molecule is CCN(CCC(=O)O)C(=O)c1ccc(=O)n(Cc2ccccc2)n1. The number of amides is 1. The van der Waals surface area contributed by atoms with Gasteiger partial charge in [0.1, 0.15) is 5.69 Å². The second kappa shape index (κ2) is 8.05. The highest BCUT2D eigenvalue weighted by Gasteiger charge is 2.17. The summed E-state index contributed by atoms with van der Waals surface area (Å²) in [7, 11) is 0. The van der Waals surface area contributed by atoms with Crippen LogP contribution in [-0.4, -0.2) is 44.8 Å². The van der Waals surface area contributed by atoms with E-state index < -0.39 is 5.97 Å². The second-order valence-electron chi connectivity index (χ2n) is 5.23. The number of hydrogen-bond donors (Lipinski definition) is 1. The molecular weight excluding hydrogens is 310 g/mol. The fraction of sp³-hybridized carbons (Fsp3) is 0.294. The van der Waals surface area contributed by atoms with Gasteiger partial charge in [-0.05, 0) is 18.6 Å². The minimum atomic E-state index is -0.969. The van der Waals surface area contributed by atoms with Gasteiger partial charge in [0, 0.05) is 19.2 Å². The maximum atomic E-state index is 12.5. The molecule has 0 saturated carbocycles. The van der Waals surface area contributed by atoms with Gasteiger partial charge in [0.2, 0.25) is 0 Å². The average Bonchev–Trinajstić information content (AvgIpc) is 2.58. The van der Waals surface area contributed by atoms with E-state index >= 15 is 0 Å². The molecule has 0 unspecified atom stereocenters. The summed E-state index contributed by atoms with van der Waals surface area (Å²) in [6, 6.07) is 12.0. The summed E-state index contributed by atoms with van der Waals surface area (Å²) in [5, 5.41) is 12.9. The van der Waals surface area contributed by atoms with Crippen molar-refractivity contribution in [2.45, 2.75) is 19.9 Å². The molecule has 2 rings (SSSR count). The molecule has 1 heterocycles. The zero-order valence-electron chi connectivity index (χ0n) is 13.4. The van der Waals surface area contributed by atoms with Gasteiger partial charge in [0.15, 0.2) is 0 Å². The van der Waals surface area contributed by atoms with Crippen LogP contribution in [0.4, 0.5) is 0 Å². The van der Waals surface area contributed by atoms with Gasteiger partial charge in [0.25, 0.3) is 11.5 Å². The van der Waals surface area contributed by atoms with Gasteiger partial charge in [-0.3, -0.25) is 14.4 Å². The van der Waals surface area contributed by atoms with Gasteiger partial charge in [-0.1, -0.05) is 30.3 Å². The summed E-state index contributed by atoms with van der Waals surface area (Å²) < 4.78 is 1.23. The van der Waals surface area contributed by atoms with Crippen LogP contribution < -0.4 is 5.56 Å². The maximum absolute atomic E-state index is 12.5. The highest BCUT2D eigenvalue weighted by molar-refractivity contribution is 5.92. The van der Waals surface area contributed by atoms with Crippen LogP contribution in [0.3, 0.4) is 0 Å². The van der Waals surface area contributed by atoms with Gasteiger partial charge in [-0.15, -0.1) is 0 Å². The Morgan fingerprint density at radius 1 is 1.17 bits per heavy atom. The number of rotatable bonds is 7. The van der Waals surface area contributed by atoms with Crippen LogP contribution in [0.15, 0.2) is 47.3 Å². The molecule has 0 atom stereocenters. The van der Waals surface area contributed by atoms with Gasteiger partial charge >= 0.3 is 5.97 Å². The lowest BCUT2D eigenvalue weighted by atomic mass is 10.2. The Morgan fingerprint density at radius 2 is 1.88 bits per heavy atom. The van der Waals surface area contributed by atoms with Crippen LogP contribution in [-0.2, 0) is 11.3 Å². The minimum Gasteiger partial charge on any atom is -0.481 e. The fourth-order valence-corrected chi connectivity index (χ4v) is 2.23. The zero-order valence-corrected chi connectivity index (χ0v) is 13.4. The number of carboxylic acids is 1. The van der Waals surface area contributed by atoms with E-state index in [1.807, 2.05) is 30.3 Å². The number of nitrogens with zero attached hydrogens (tertiary/aromatic N) is 3. The van der Waals surface area contributed by atoms with Crippen LogP contribution >= 0.6 is 0 Å². The summed E-state index contributed by atoms with van der Waals surface area (Å²) in [6.07, 6.45) is -0.136.